The Morgan fingerprint density at radius 1 is 1.26 bits per heavy atom. The van der Waals surface area contributed by atoms with Crippen LogP contribution >= 0.6 is 0 Å². The van der Waals surface area contributed by atoms with Gasteiger partial charge in [0.15, 0.2) is 0 Å². The third kappa shape index (κ3) is 3.75. The first-order valence-electron chi connectivity index (χ1n) is 7.97. The van der Waals surface area contributed by atoms with Crippen LogP contribution in [-0.4, -0.2) is 34.1 Å². The number of nitriles is 1. The number of hydrogen-bond donors (Lipinski definition) is 1. The monoisotopic (exact) mass is 308 g/mol. The van der Waals surface area contributed by atoms with Crippen LogP contribution in [0, 0.1) is 11.3 Å². The molecule has 0 atom stereocenters. The Morgan fingerprint density at radius 2 is 2.09 bits per heavy atom. The van der Waals surface area contributed by atoms with Crippen molar-refractivity contribution in [2.24, 2.45) is 0 Å². The number of aryl methyl sites for hydroxylation is 1. The predicted molar refractivity (Wildman–Crippen MR) is 89.2 cm³/mol. The van der Waals surface area contributed by atoms with Crippen LogP contribution in [0.5, 0.6) is 0 Å². The summed E-state index contributed by atoms with van der Waals surface area (Å²) < 4.78 is 0. The summed E-state index contributed by atoms with van der Waals surface area (Å²) in [6.07, 6.45) is 6.32. The van der Waals surface area contributed by atoms with Crippen LogP contribution in [0.2, 0.25) is 0 Å². The summed E-state index contributed by atoms with van der Waals surface area (Å²) in [5.41, 5.74) is 2.49. The molecule has 6 nitrogen and oxygen atoms in total. The number of nitrogens with zero attached hydrogens (tertiary/aromatic N) is 5. The summed E-state index contributed by atoms with van der Waals surface area (Å²) in [6.45, 7) is 4.04. The first kappa shape index (κ1) is 15.2. The fourth-order valence-electron chi connectivity index (χ4n) is 2.82. The van der Waals surface area contributed by atoms with Gasteiger partial charge in [-0.2, -0.15) is 5.26 Å². The third-order valence-electron chi connectivity index (χ3n) is 4.14. The number of pyridine rings is 1. The van der Waals surface area contributed by atoms with Crippen molar-refractivity contribution in [3.05, 3.63) is 42.1 Å². The van der Waals surface area contributed by atoms with E-state index in [9.17, 15) is 0 Å². The summed E-state index contributed by atoms with van der Waals surface area (Å²) in [6, 6.07) is 8.26. The Hall–Kier alpha value is -2.68. The number of nitrogens with one attached hydrogen (secondary N) is 1. The van der Waals surface area contributed by atoms with Crippen molar-refractivity contribution in [3.63, 3.8) is 0 Å². The predicted octanol–water partition coefficient (Wildman–Crippen LogP) is 2.39. The highest BCUT2D eigenvalue weighted by atomic mass is 15.2. The second-order valence-corrected chi connectivity index (χ2v) is 5.67. The Morgan fingerprint density at radius 3 is 2.83 bits per heavy atom. The highest BCUT2D eigenvalue weighted by Crippen LogP contribution is 2.21. The van der Waals surface area contributed by atoms with Crippen LogP contribution in [0.3, 0.4) is 0 Å². The molecule has 2 aromatic heterocycles. The van der Waals surface area contributed by atoms with Crippen LogP contribution in [0.1, 0.15) is 31.2 Å². The Labute approximate surface area is 136 Å². The second-order valence-electron chi connectivity index (χ2n) is 5.67. The molecule has 118 valence electrons. The van der Waals surface area contributed by atoms with E-state index in [1.54, 1.807) is 18.6 Å². The third-order valence-corrected chi connectivity index (χ3v) is 4.14. The molecule has 0 aromatic carbocycles. The zero-order valence-corrected chi connectivity index (χ0v) is 13.2. The van der Waals surface area contributed by atoms with Crippen LogP contribution in [0.15, 0.2) is 30.7 Å². The van der Waals surface area contributed by atoms with E-state index in [0.29, 0.717) is 11.7 Å². The highest BCUT2D eigenvalue weighted by Gasteiger charge is 2.20. The van der Waals surface area contributed by atoms with Gasteiger partial charge >= 0.3 is 0 Å². The van der Waals surface area contributed by atoms with Crippen LogP contribution in [0.25, 0.3) is 0 Å². The lowest BCUT2D eigenvalue weighted by Crippen LogP contribution is -2.39. The molecule has 1 fully saturated rings. The molecule has 3 heterocycles. The van der Waals surface area contributed by atoms with E-state index in [-0.39, 0.29) is 0 Å². The van der Waals surface area contributed by atoms with E-state index < -0.39 is 0 Å². The normalized spacial score (nSPS) is 15.2. The molecule has 23 heavy (non-hydrogen) atoms. The standard InChI is InChI=1S/C17H20N6/c1-2-13-10-17(21-12-20-13)23-7-4-14(5-8-23)22-15-3-6-19-16(9-15)11-18/h3,6,9-10,12,14H,2,4-5,7-8H2,1H3,(H,19,22). The average Bonchev–Trinajstić information content (AvgIpc) is 2.62. The Kier molecular flexibility index (Phi) is 4.67. The molecule has 0 saturated carbocycles. The molecule has 0 bridgehead atoms. The molecule has 1 N–H and O–H groups in total. The molecule has 1 aliphatic rings. The van der Waals surface area contributed by atoms with Gasteiger partial charge in [-0.15, -0.1) is 0 Å². The van der Waals surface area contributed by atoms with Crippen molar-refractivity contribution in [3.8, 4) is 6.07 Å². The molecule has 0 spiro atoms. The molecule has 1 saturated heterocycles. The Bertz CT molecular complexity index is 700. The minimum Gasteiger partial charge on any atom is -0.382 e. The van der Waals surface area contributed by atoms with Crippen LogP contribution in [-0.2, 0) is 6.42 Å². The molecule has 0 aliphatic carbocycles. The smallest absolute Gasteiger partial charge is 0.142 e. The number of aromatic nitrogens is 3. The molecular weight excluding hydrogens is 288 g/mol. The minimum atomic E-state index is 0.410. The lowest BCUT2D eigenvalue weighted by Gasteiger charge is -2.33. The van der Waals surface area contributed by atoms with Gasteiger partial charge in [0.2, 0.25) is 0 Å². The second kappa shape index (κ2) is 7.05. The summed E-state index contributed by atoms with van der Waals surface area (Å²) in [7, 11) is 0. The summed E-state index contributed by atoms with van der Waals surface area (Å²) in [5, 5.41) is 12.4. The molecule has 0 amide bonds. The zero-order chi connectivity index (χ0) is 16.1. The first-order valence-corrected chi connectivity index (χ1v) is 7.97. The first-order chi connectivity index (χ1) is 11.3. The summed E-state index contributed by atoms with van der Waals surface area (Å²) in [4.78, 5) is 15.0. The topological polar surface area (TPSA) is 77.7 Å². The molecule has 1 aliphatic heterocycles. The number of anilines is 2. The van der Waals surface area contributed by atoms with Crippen molar-refractivity contribution in [2.75, 3.05) is 23.3 Å². The largest absolute Gasteiger partial charge is 0.382 e. The molecule has 3 rings (SSSR count). The van der Waals surface area contributed by atoms with Crippen molar-refractivity contribution in [2.45, 2.75) is 32.2 Å². The number of hydrogen-bond acceptors (Lipinski definition) is 6. The van der Waals surface area contributed by atoms with Crippen LogP contribution in [0.4, 0.5) is 11.5 Å². The van der Waals surface area contributed by atoms with Gasteiger partial charge in [0.25, 0.3) is 0 Å². The van der Waals surface area contributed by atoms with Gasteiger partial charge in [0, 0.05) is 42.8 Å². The van der Waals surface area contributed by atoms with Crippen molar-refractivity contribution in [1.82, 2.24) is 15.0 Å². The fraction of sp³-hybridized carbons (Fsp3) is 0.412. The van der Waals surface area contributed by atoms with Crippen molar-refractivity contribution < 1.29 is 0 Å². The van der Waals surface area contributed by atoms with Gasteiger partial charge in [-0.05, 0) is 31.4 Å². The van der Waals surface area contributed by atoms with Gasteiger partial charge in [-0.1, -0.05) is 6.92 Å². The lowest BCUT2D eigenvalue weighted by molar-refractivity contribution is 0.523. The van der Waals surface area contributed by atoms with E-state index in [1.807, 2.05) is 6.07 Å². The average molecular weight is 308 g/mol. The van der Waals surface area contributed by atoms with Gasteiger partial charge < -0.3 is 10.2 Å². The van der Waals surface area contributed by atoms with E-state index >= 15 is 0 Å². The quantitative estimate of drug-likeness (QED) is 0.934. The van der Waals surface area contributed by atoms with E-state index in [2.05, 4.69) is 44.2 Å². The van der Waals surface area contributed by atoms with E-state index in [0.717, 1.165) is 49.6 Å². The highest BCUT2D eigenvalue weighted by molar-refractivity contribution is 5.47. The number of piperidine rings is 1. The van der Waals surface area contributed by atoms with Crippen molar-refractivity contribution in [1.29, 1.82) is 5.26 Å². The van der Waals surface area contributed by atoms with E-state index in [4.69, 9.17) is 5.26 Å². The lowest BCUT2D eigenvalue weighted by atomic mass is 10.0. The van der Waals surface area contributed by atoms with E-state index in [1.165, 1.54) is 0 Å². The molecule has 6 heteroatoms. The molecule has 0 radical (unpaired) electrons. The van der Waals surface area contributed by atoms with Crippen molar-refractivity contribution >= 4 is 11.5 Å². The maximum absolute atomic E-state index is 8.91. The Balaban J connectivity index is 1.58. The maximum Gasteiger partial charge on any atom is 0.142 e. The fourth-order valence-corrected chi connectivity index (χ4v) is 2.82. The molecular formula is C17H20N6. The number of rotatable bonds is 4. The maximum atomic E-state index is 8.91. The molecule has 0 unspecified atom stereocenters. The SMILES string of the molecule is CCc1cc(N2CCC(Nc3ccnc(C#N)c3)CC2)ncn1. The van der Waals surface area contributed by atoms with Gasteiger partial charge in [0.1, 0.15) is 23.9 Å². The van der Waals surface area contributed by atoms with Gasteiger partial charge in [0.05, 0.1) is 0 Å². The van der Waals surface area contributed by atoms with Crippen LogP contribution < -0.4 is 10.2 Å². The van der Waals surface area contributed by atoms with Gasteiger partial charge in [-0.3, -0.25) is 0 Å². The summed E-state index contributed by atoms with van der Waals surface area (Å²) >= 11 is 0. The summed E-state index contributed by atoms with van der Waals surface area (Å²) in [5.74, 6) is 1.02. The molecule has 2 aromatic rings. The minimum absolute atomic E-state index is 0.410. The van der Waals surface area contributed by atoms with Gasteiger partial charge in [-0.25, -0.2) is 15.0 Å². The zero-order valence-electron chi connectivity index (χ0n) is 13.2.